The standard InChI is InChI=1S/C28H34N2O5/c31-26(32)16-8-9-17-29-27(33)23-14-2-1-3-15-25(23)30-28(34)35-18-24-21-12-6-4-10-19(21)20-11-5-7-13-22(20)24/h4-7,10-13,23-25H,1-3,8-9,14-18H2,(H,29,33)(H,30,34)(H,31,32)/t23-,25+/m1/s1. The first-order valence-corrected chi connectivity index (χ1v) is 12.7. The number of unbranched alkanes of at least 4 members (excludes halogenated alkanes) is 1. The molecule has 2 aromatic rings. The summed E-state index contributed by atoms with van der Waals surface area (Å²) in [7, 11) is 0. The van der Waals surface area contributed by atoms with Gasteiger partial charge in [0.05, 0.1) is 5.92 Å². The van der Waals surface area contributed by atoms with Crippen molar-refractivity contribution in [2.75, 3.05) is 13.2 Å². The lowest BCUT2D eigenvalue weighted by Gasteiger charge is -2.25. The predicted molar refractivity (Wildman–Crippen MR) is 133 cm³/mol. The summed E-state index contributed by atoms with van der Waals surface area (Å²) in [6.45, 7) is 0.688. The van der Waals surface area contributed by atoms with E-state index < -0.39 is 12.1 Å². The fourth-order valence-electron chi connectivity index (χ4n) is 5.33. The van der Waals surface area contributed by atoms with E-state index in [2.05, 4.69) is 34.9 Å². The van der Waals surface area contributed by atoms with E-state index in [1.54, 1.807) is 0 Å². The Hall–Kier alpha value is -3.35. The van der Waals surface area contributed by atoms with Gasteiger partial charge in [-0.25, -0.2) is 4.79 Å². The summed E-state index contributed by atoms with van der Waals surface area (Å²) in [5.41, 5.74) is 4.69. The van der Waals surface area contributed by atoms with Gasteiger partial charge >= 0.3 is 12.1 Å². The number of nitrogens with one attached hydrogen (secondary N) is 2. The van der Waals surface area contributed by atoms with Crippen molar-refractivity contribution in [3.05, 3.63) is 59.7 Å². The van der Waals surface area contributed by atoms with Gasteiger partial charge in [0.1, 0.15) is 6.61 Å². The molecule has 0 spiro atoms. The summed E-state index contributed by atoms with van der Waals surface area (Å²) < 4.78 is 5.71. The van der Waals surface area contributed by atoms with Crippen LogP contribution in [-0.2, 0) is 14.3 Å². The zero-order chi connectivity index (χ0) is 24.6. The third-order valence-corrected chi connectivity index (χ3v) is 7.12. The summed E-state index contributed by atoms with van der Waals surface area (Å²) >= 11 is 0. The van der Waals surface area contributed by atoms with Crippen molar-refractivity contribution >= 4 is 18.0 Å². The second kappa shape index (κ2) is 11.9. The molecular formula is C28H34N2O5. The average Bonchev–Trinajstić information content (AvgIpc) is 2.98. The Balaban J connectivity index is 1.33. The molecule has 0 unspecified atom stereocenters. The number of hydrogen-bond acceptors (Lipinski definition) is 4. The summed E-state index contributed by atoms with van der Waals surface area (Å²) in [5, 5.41) is 14.7. The maximum Gasteiger partial charge on any atom is 0.407 e. The molecule has 0 saturated heterocycles. The fraction of sp³-hybridized carbons (Fsp3) is 0.464. The van der Waals surface area contributed by atoms with Crippen molar-refractivity contribution in [3.63, 3.8) is 0 Å². The number of carbonyl (C=O) groups is 3. The molecule has 2 aromatic carbocycles. The van der Waals surface area contributed by atoms with Gasteiger partial charge in [0.25, 0.3) is 0 Å². The summed E-state index contributed by atoms with van der Waals surface area (Å²) in [4.78, 5) is 36.3. The Morgan fingerprint density at radius 3 is 2.23 bits per heavy atom. The zero-order valence-corrected chi connectivity index (χ0v) is 20.0. The van der Waals surface area contributed by atoms with Gasteiger partial charge in [-0.15, -0.1) is 0 Å². The molecule has 0 bridgehead atoms. The third-order valence-electron chi connectivity index (χ3n) is 7.12. The highest BCUT2D eigenvalue weighted by atomic mass is 16.5. The second-order valence-electron chi connectivity index (χ2n) is 9.46. The molecule has 2 amide bonds. The quantitative estimate of drug-likeness (QED) is 0.353. The van der Waals surface area contributed by atoms with Crippen molar-refractivity contribution in [3.8, 4) is 11.1 Å². The van der Waals surface area contributed by atoms with Crippen LogP contribution in [0.15, 0.2) is 48.5 Å². The van der Waals surface area contributed by atoms with Gasteiger partial charge in [0, 0.05) is 24.9 Å². The first-order chi connectivity index (χ1) is 17.0. The Morgan fingerprint density at radius 1 is 0.886 bits per heavy atom. The largest absolute Gasteiger partial charge is 0.481 e. The highest BCUT2D eigenvalue weighted by molar-refractivity contribution is 5.81. The van der Waals surface area contributed by atoms with Crippen molar-refractivity contribution in [1.82, 2.24) is 10.6 Å². The van der Waals surface area contributed by atoms with Gasteiger partial charge in [-0.05, 0) is 47.9 Å². The van der Waals surface area contributed by atoms with Crippen LogP contribution in [0.2, 0.25) is 0 Å². The Labute approximate surface area is 206 Å². The van der Waals surface area contributed by atoms with E-state index in [1.807, 2.05) is 24.3 Å². The molecule has 35 heavy (non-hydrogen) atoms. The van der Waals surface area contributed by atoms with Gasteiger partial charge in [-0.3, -0.25) is 9.59 Å². The smallest absolute Gasteiger partial charge is 0.407 e. The highest BCUT2D eigenvalue weighted by Crippen LogP contribution is 2.44. The Morgan fingerprint density at radius 2 is 1.54 bits per heavy atom. The van der Waals surface area contributed by atoms with Gasteiger partial charge in [0.15, 0.2) is 0 Å². The maximum atomic E-state index is 12.9. The van der Waals surface area contributed by atoms with Gasteiger partial charge in [0.2, 0.25) is 5.91 Å². The molecular weight excluding hydrogens is 444 g/mol. The van der Waals surface area contributed by atoms with Gasteiger partial charge in [-0.1, -0.05) is 67.8 Å². The molecule has 2 aliphatic rings. The van der Waals surface area contributed by atoms with E-state index in [9.17, 15) is 14.4 Å². The number of amides is 2. The fourth-order valence-corrected chi connectivity index (χ4v) is 5.33. The molecule has 0 aromatic heterocycles. The van der Waals surface area contributed by atoms with Crippen LogP contribution < -0.4 is 10.6 Å². The second-order valence-corrected chi connectivity index (χ2v) is 9.46. The number of aliphatic carboxylic acids is 1. The number of carboxylic acids is 1. The Kier molecular flexibility index (Phi) is 8.40. The monoisotopic (exact) mass is 478 g/mol. The number of benzene rings is 2. The van der Waals surface area contributed by atoms with E-state index in [4.69, 9.17) is 9.84 Å². The molecule has 0 heterocycles. The third kappa shape index (κ3) is 6.21. The van der Waals surface area contributed by atoms with Crippen LogP contribution in [0.4, 0.5) is 4.79 Å². The van der Waals surface area contributed by atoms with Crippen LogP contribution in [-0.4, -0.2) is 42.3 Å². The number of carbonyl (C=O) groups excluding carboxylic acids is 2. The summed E-state index contributed by atoms with van der Waals surface area (Å²) in [6, 6.07) is 16.2. The van der Waals surface area contributed by atoms with Crippen molar-refractivity contribution in [2.24, 2.45) is 5.92 Å². The average molecular weight is 479 g/mol. The zero-order valence-electron chi connectivity index (χ0n) is 20.0. The molecule has 3 N–H and O–H groups in total. The van der Waals surface area contributed by atoms with E-state index in [-0.39, 0.29) is 36.8 Å². The number of hydrogen-bond donors (Lipinski definition) is 3. The van der Waals surface area contributed by atoms with Crippen LogP contribution in [0, 0.1) is 5.92 Å². The molecule has 186 valence electrons. The van der Waals surface area contributed by atoms with Crippen molar-refractivity contribution in [2.45, 2.75) is 63.3 Å². The van der Waals surface area contributed by atoms with Gasteiger partial charge in [-0.2, -0.15) is 0 Å². The minimum absolute atomic E-state index is 0.00724. The summed E-state index contributed by atoms with van der Waals surface area (Å²) in [6.07, 6.45) is 5.15. The SMILES string of the molecule is O=C(O)CCCCNC(=O)[C@@H]1CCCCC[C@@H]1NC(=O)OCC1c2ccccc2-c2ccccc21. The molecule has 0 aliphatic heterocycles. The minimum Gasteiger partial charge on any atom is -0.481 e. The lowest BCUT2D eigenvalue weighted by molar-refractivity contribution is -0.137. The first kappa shape index (κ1) is 24.8. The minimum atomic E-state index is -0.826. The molecule has 2 atom stereocenters. The topological polar surface area (TPSA) is 105 Å². The van der Waals surface area contributed by atoms with Crippen LogP contribution >= 0.6 is 0 Å². The lowest BCUT2D eigenvalue weighted by Crippen LogP contribution is -2.46. The van der Waals surface area contributed by atoms with Crippen LogP contribution in [0.5, 0.6) is 0 Å². The molecule has 0 radical (unpaired) electrons. The predicted octanol–water partition coefficient (Wildman–Crippen LogP) is 4.85. The lowest BCUT2D eigenvalue weighted by atomic mass is 9.93. The van der Waals surface area contributed by atoms with Gasteiger partial charge < -0.3 is 20.5 Å². The molecule has 1 fully saturated rings. The van der Waals surface area contributed by atoms with E-state index in [1.165, 1.54) is 11.1 Å². The van der Waals surface area contributed by atoms with Crippen LogP contribution in [0.1, 0.15) is 68.4 Å². The number of rotatable bonds is 9. The molecule has 7 heteroatoms. The molecule has 7 nitrogen and oxygen atoms in total. The number of fused-ring (bicyclic) bond motifs is 3. The van der Waals surface area contributed by atoms with Crippen molar-refractivity contribution < 1.29 is 24.2 Å². The van der Waals surface area contributed by atoms with Crippen LogP contribution in [0.3, 0.4) is 0 Å². The number of ether oxygens (including phenoxy) is 1. The summed E-state index contributed by atoms with van der Waals surface area (Å²) in [5.74, 6) is -1.22. The van der Waals surface area contributed by atoms with Crippen molar-refractivity contribution in [1.29, 1.82) is 0 Å². The number of alkyl carbamates (subject to hydrolysis) is 1. The van der Waals surface area contributed by atoms with E-state index in [0.717, 1.165) is 43.2 Å². The highest BCUT2D eigenvalue weighted by Gasteiger charge is 2.32. The first-order valence-electron chi connectivity index (χ1n) is 12.7. The van der Waals surface area contributed by atoms with Crippen LogP contribution in [0.25, 0.3) is 11.1 Å². The normalized spacial score (nSPS) is 19.2. The maximum absolute atomic E-state index is 12.9. The molecule has 1 saturated carbocycles. The molecule has 2 aliphatic carbocycles. The number of carboxylic acid groups (broad SMARTS) is 1. The van der Waals surface area contributed by atoms with E-state index >= 15 is 0 Å². The Bertz CT molecular complexity index is 1010. The van der Waals surface area contributed by atoms with E-state index in [0.29, 0.717) is 19.4 Å². The molecule has 4 rings (SSSR count).